The Hall–Kier alpha value is -2.28. The van der Waals surface area contributed by atoms with Crippen molar-refractivity contribution in [2.24, 2.45) is 5.41 Å². The largest absolute Gasteiger partial charge is 0.477 e. The first kappa shape index (κ1) is 17.5. The van der Waals surface area contributed by atoms with Crippen molar-refractivity contribution in [3.63, 3.8) is 0 Å². The SMILES string of the molecule is Cc1nc(C(C)NC(=O)C2(Cc3ccccc3F)CC2)sc1C(=O)O. The van der Waals surface area contributed by atoms with Gasteiger partial charge in [-0.25, -0.2) is 14.2 Å². The van der Waals surface area contributed by atoms with Crippen LogP contribution in [0.1, 0.15) is 51.7 Å². The molecule has 3 rings (SSSR count). The highest BCUT2D eigenvalue weighted by Crippen LogP contribution is 2.49. The first-order valence-electron chi connectivity index (χ1n) is 8.07. The summed E-state index contributed by atoms with van der Waals surface area (Å²) in [4.78, 5) is 28.2. The second-order valence-corrected chi connectivity index (χ2v) is 7.55. The van der Waals surface area contributed by atoms with Gasteiger partial charge in [-0.15, -0.1) is 11.3 Å². The molecule has 0 radical (unpaired) electrons. The molecule has 1 unspecified atom stereocenters. The van der Waals surface area contributed by atoms with Gasteiger partial charge in [-0.2, -0.15) is 0 Å². The highest BCUT2D eigenvalue weighted by atomic mass is 32.1. The molecule has 1 aromatic carbocycles. The third-order valence-electron chi connectivity index (χ3n) is 4.55. The van der Waals surface area contributed by atoms with Crippen LogP contribution in [0.15, 0.2) is 24.3 Å². The highest BCUT2D eigenvalue weighted by molar-refractivity contribution is 7.13. The maximum absolute atomic E-state index is 13.9. The molecule has 5 nitrogen and oxygen atoms in total. The van der Waals surface area contributed by atoms with E-state index >= 15 is 0 Å². The molecule has 0 aliphatic heterocycles. The predicted octanol–water partition coefficient (Wildman–Crippen LogP) is 3.49. The summed E-state index contributed by atoms with van der Waals surface area (Å²) in [5.41, 5.74) is 0.417. The molecule has 1 aliphatic rings. The third kappa shape index (κ3) is 3.56. The highest BCUT2D eigenvalue weighted by Gasteiger charge is 2.50. The van der Waals surface area contributed by atoms with Gasteiger partial charge < -0.3 is 10.4 Å². The van der Waals surface area contributed by atoms with Gasteiger partial charge in [0.25, 0.3) is 0 Å². The van der Waals surface area contributed by atoms with Gasteiger partial charge in [0.05, 0.1) is 17.2 Å². The van der Waals surface area contributed by atoms with Crippen molar-refractivity contribution in [3.05, 3.63) is 51.2 Å². The number of aromatic nitrogens is 1. The number of carbonyl (C=O) groups excluding carboxylic acids is 1. The van der Waals surface area contributed by atoms with E-state index in [0.717, 1.165) is 24.2 Å². The first-order valence-corrected chi connectivity index (χ1v) is 8.89. The Morgan fingerprint density at radius 1 is 1.40 bits per heavy atom. The molecule has 132 valence electrons. The second-order valence-electron chi connectivity index (χ2n) is 6.52. The number of aryl methyl sites for hydroxylation is 1. The monoisotopic (exact) mass is 362 g/mol. The van der Waals surface area contributed by atoms with Gasteiger partial charge in [-0.05, 0) is 44.7 Å². The van der Waals surface area contributed by atoms with Gasteiger partial charge in [-0.3, -0.25) is 4.79 Å². The molecular weight excluding hydrogens is 343 g/mol. The zero-order valence-electron chi connectivity index (χ0n) is 14.0. The molecule has 0 spiro atoms. The second kappa shape index (κ2) is 6.55. The van der Waals surface area contributed by atoms with Gasteiger partial charge in [0.2, 0.25) is 5.91 Å². The maximum atomic E-state index is 13.9. The van der Waals surface area contributed by atoms with Crippen molar-refractivity contribution in [2.75, 3.05) is 0 Å². The van der Waals surface area contributed by atoms with E-state index in [4.69, 9.17) is 5.11 Å². The minimum atomic E-state index is -1.02. The molecule has 7 heteroatoms. The Kier molecular flexibility index (Phi) is 4.60. The normalized spacial score (nSPS) is 16.3. The minimum absolute atomic E-state index is 0.131. The van der Waals surface area contributed by atoms with Gasteiger partial charge >= 0.3 is 5.97 Å². The summed E-state index contributed by atoms with van der Waals surface area (Å²) < 4.78 is 13.9. The number of aromatic carboxylic acids is 1. The molecule has 0 bridgehead atoms. The lowest BCUT2D eigenvalue weighted by atomic mass is 9.95. The minimum Gasteiger partial charge on any atom is -0.477 e. The molecule has 25 heavy (non-hydrogen) atoms. The number of nitrogens with one attached hydrogen (secondary N) is 1. The number of hydrogen-bond donors (Lipinski definition) is 2. The summed E-state index contributed by atoms with van der Waals surface area (Å²) in [5.74, 6) is -1.44. The van der Waals surface area contributed by atoms with E-state index in [1.54, 1.807) is 32.0 Å². The predicted molar refractivity (Wildman–Crippen MR) is 92.1 cm³/mol. The number of nitrogens with zero attached hydrogens (tertiary/aromatic N) is 1. The van der Waals surface area contributed by atoms with Crippen LogP contribution < -0.4 is 5.32 Å². The lowest BCUT2D eigenvalue weighted by molar-refractivity contribution is -0.127. The molecular formula is C18H19FN2O3S. The number of hydrogen-bond acceptors (Lipinski definition) is 4. The fraction of sp³-hybridized carbons (Fsp3) is 0.389. The van der Waals surface area contributed by atoms with E-state index in [-0.39, 0.29) is 22.6 Å². The van der Waals surface area contributed by atoms with Gasteiger partial charge in [0.15, 0.2) is 0 Å². The fourth-order valence-corrected chi connectivity index (χ4v) is 3.76. The molecule has 1 aliphatic carbocycles. The fourth-order valence-electron chi connectivity index (χ4n) is 2.85. The van der Waals surface area contributed by atoms with E-state index in [1.165, 1.54) is 6.07 Å². The Morgan fingerprint density at radius 3 is 2.64 bits per heavy atom. The molecule has 1 fully saturated rings. The van der Waals surface area contributed by atoms with Crippen molar-refractivity contribution < 1.29 is 19.1 Å². The summed E-state index contributed by atoms with van der Waals surface area (Å²) in [7, 11) is 0. The molecule has 2 aromatic rings. The van der Waals surface area contributed by atoms with Crippen molar-refractivity contribution in [1.29, 1.82) is 0 Å². The number of carboxylic acids is 1. The van der Waals surface area contributed by atoms with Crippen molar-refractivity contribution >= 4 is 23.2 Å². The van der Waals surface area contributed by atoms with Crippen molar-refractivity contribution in [2.45, 2.75) is 39.2 Å². The smallest absolute Gasteiger partial charge is 0.347 e. The Labute approximate surface area is 148 Å². The molecule has 1 aromatic heterocycles. The Balaban J connectivity index is 1.70. The van der Waals surface area contributed by atoms with E-state index in [9.17, 15) is 14.0 Å². The average Bonchev–Trinajstić information content (AvgIpc) is 3.23. The topological polar surface area (TPSA) is 79.3 Å². The molecule has 1 saturated carbocycles. The van der Waals surface area contributed by atoms with E-state index in [1.807, 2.05) is 0 Å². The van der Waals surface area contributed by atoms with Crippen LogP contribution in [0.2, 0.25) is 0 Å². The summed E-state index contributed by atoms with van der Waals surface area (Å²) in [6.07, 6.45) is 1.81. The van der Waals surface area contributed by atoms with Crippen LogP contribution in [0.25, 0.3) is 0 Å². The van der Waals surface area contributed by atoms with Crippen molar-refractivity contribution in [1.82, 2.24) is 10.3 Å². The van der Waals surface area contributed by atoms with Crippen LogP contribution in [0.3, 0.4) is 0 Å². The quantitative estimate of drug-likeness (QED) is 0.824. The number of carboxylic acid groups (broad SMARTS) is 1. The zero-order valence-corrected chi connectivity index (χ0v) is 14.8. The molecule has 0 saturated heterocycles. The number of rotatable bonds is 6. The molecule has 2 N–H and O–H groups in total. The number of amides is 1. The van der Waals surface area contributed by atoms with Crippen molar-refractivity contribution in [3.8, 4) is 0 Å². The van der Waals surface area contributed by atoms with Crippen LogP contribution in [0.4, 0.5) is 4.39 Å². The van der Waals surface area contributed by atoms with E-state index in [2.05, 4.69) is 10.3 Å². The average molecular weight is 362 g/mol. The van der Waals surface area contributed by atoms with E-state index < -0.39 is 11.4 Å². The summed E-state index contributed by atoms with van der Waals surface area (Å²) in [5, 5.41) is 12.6. The van der Waals surface area contributed by atoms with E-state index in [0.29, 0.717) is 22.7 Å². The lowest BCUT2D eigenvalue weighted by Crippen LogP contribution is -2.35. The standard InChI is InChI=1S/C18H19FN2O3S/c1-10-14(16(22)23)25-15(20-10)11(2)21-17(24)18(7-8-18)9-12-5-3-4-6-13(12)19/h3-6,11H,7-9H2,1-2H3,(H,21,24)(H,22,23). The van der Waals surface area contributed by atoms with Crippen LogP contribution in [0.5, 0.6) is 0 Å². The number of carbonyl (C=O) groups is 2. The van der Waals surface area contributed by atoms with Gasteiger partial charge in [0, 0.05) is 0 Å². The first-order chi connectivity index (χ1) is 11.8. The van der Waals surface area contributed by atoms with Crippen LogP contribution in [-0.4, -0.2) is 22.0 Å². The summed E-state index contributed by atoms with van der Waals surface area (Å²) in [6.45, 7) is 3.42. The zero-order chi connectivity index (χ0) is 18.2. The number of halogens is 1. The lowest BCUT2D eigenvalue weighted by Gasteiger charge is -2.19. The number of benzene rings is 1. The molecule has 1 heterocycles. The third-order valence-corrected chi connectivity index (χ3v) is 5.88. The van der Waals surface area contributed by atoms with Crippen LogP contribution >= 0.6 is 11.3 Å². The Morgan fingerprint density at radius 2 is 2.08 bits per heavy atom. The Bertz CT molecular complexity index is 829. The van der Waals surface area contributed by atoms with Crippen LogP contribution in [-0.2, 0) is 11.2 Å². The van der Waals surface area contributed by atoms with Gasteiger partial charge in [-0.1, -0.05) is 18.2 Å². The van der Waals surface area contributed by atoms with Crippen LogP contribution in [0, 0.1) is 18.2 Å². The summed E-state index contributed by atoms with van der Waals surface area (Å²) in [6, 6.07) is 6.11. The maximum Gasteiger partial charge on any atom is 0.347 e. The van der Waals surface area contributed by atoms with Gasteiger partial charge in [0.1, 0.15) is 15.7 Å². The number of thiazole rings is 1. The molecule has 1 amide bonds. The molecule has 1 atom stereocenters. The summed E-state index contributed by atoms with van der Waals surface area (Å²) >= 11 is 1.07.